The lowest BCUT2D eigenvalue weighted by atomic mass is 10.1. The van der Waals surface area contributed by atoms with Crippen LogP contribution in [0.2, 0.25) is 0 Å². The second-order valence-electron chi connectivity index (χ2n) is 3.97. The number of rotatable bonds is 4. The normalized spacial score (nSPS) is 17.9. The molecule has 4 heteroatoms. The molecule has 0 amide bonds. The molecule has 1 fully saturated rings. The highest BCUT2D eigenvalue weighted by Gasteiger charge is 2.22. The van der Waals surface area contributed by atoms with Crippen LogP contribution in [-0.2, 0) is 4.74 Å². The Hall–Kier alpha value is -0.580. The van der Waals surface area contributed by atoms with Crippen LogP contribution in [0.1, 0.15) is 18.5 Å². The fourth-order valence-corrected chi connectivity index (χ4v) is 1.96. The first-order valence-electron chi connectivity index (χ1n) is 5.42. The summed E-state index contributed by atoms with van der Waals surface area (Å²) in [6.07, 6.45) is 0.212. The third kappa shape index (κ3) is 2.56. The molecule has 1 N–H and O–H groups in total. The van der Waals surface area contributed by atoms with Gasteiger partial charge >= 0.3 is 0 Å². The molecule has 1 unspecified atom stereocenters. The fraction of sp³-hybridized carbons (Fsp3) is 0.500. The fourth-order valence-electron chi connectivity index (χ4n) is 1.58. The van der Waals surface area contributed by atoms with Crippen molar-refractivity contribution < 1.29 is 9.47 Å². The van der Waals surface area contributed by atoms with Gasteiger partial charge in [-0.25, -0.2) is 0 Å². The molecule has 1 saturated heterocycles. The second-order valence-corrected chi connectivity index (χ2v) is 4.89. The summed E-state index contributed by atoms with van der Waals surface area (Å²) in [5, 5.41) is 3.23. The van der Waals surface area contributed by atoms with E-state index in [9.17, 15) is 0 Å². The Labute approximate surface area is 104 Å². The van der Waals surface area contributed by atoms with Crippen LogP contribution in [0.25, 0.3) is 0 Å². The number of ether oxygens (including phenoxy) is 2. The zero-order valence-electron chi connectivity index (χ0n) is 9.50. The minimum atomic E-state index is 0.212. The number of halogens is 1. The van der Waals surface area contributed by atoms with Crippen LogP contribution in [0.3, 0.4) is 0 Å². The number of nitrogens with one attached hydrogen (secondary N) is 1. The largest absolute Gasteiger partial charge is 0.485 e. The second kappa shape index (κ2) is 5.17. The summed E-state index contributed by atoms with van der Waals surface area (Å²) in [6.45, 7) is 3.51. The van der Waals surface area contributed by atoms with Crippen molar-refractivity contribution in [2.24, 2.45) is 0 Å². The van der Waals surface area contributed by atoms with E-state index in [1.807, 2.05) is 19.2 Å². The van der Waals surface area contributed by atoms with Crippen molar-refractivity contribution in [3.05, 3.63) is 28.2 Å². The van der Waals surface area contributed by atoms with Crippen molar-refractivity contribution in [2.45, 2.75) is 19.1 Å². The standard InChI is InChI=1S/C12H16BrNO2/c1-8(14-2)11-5-9(13)3-4-12(11)16-10-6-15-7-10/h3-5,8,10,14H,6-7H2,1-2H3. The molecular weight excluding hydrogens is 270 g/mol. The molecule has 1 aliphatic rings. The lowest BCUT2D eigenvalue weighted by Gasteiger charge is -2.28. The number of hydrogen-bond donors (Lipinski definition) is 1. The van der Waals surface area contributed by atoms with Gasteiger partial charge in [0.25, 0.3) is 0 Å². The summed E-state index contributed by atoms with van der Waals surface area (Å²) < 4.78 is 12.1. The van der Waals surface area contributed by atoms with Gasteiger partial charge in [0, 0.05) is 16.1 Å². The van der Waals surface area contributed by atoms with Gasteiger partial charge in [-0.05, 0) is 32.2 Å². The first-order valence-corrected chi connectivity index (χ1v) is 6.21. The SMILES string of the molecule is CNC(C)c1cc(Br)ccc1OC1COC1. The quantitative estimate of drug-likeness (QED) is 0.922. The highest BCUT2D eigenvalue weighted by atomic mass is 79.9. The maximum absolute atomic E-state index is 5.87. The Balaban J connectivity index is 2.20. The van der Waals surface area contributed by atoms with Gasteiger partial charge in [-0.3, -0.25) is 0 Å². The van der Waals surface area contributed by atoms with Gasteiger partial charge in [-0.1, -0.05) is 15.9 Å². The average molecular weight is 286 g/mol. The third-order valence-corrected chi connectivity index (χ3v) is 3.27. The van der Waals surface area contributed by atoms with Crippen LogP contribution >= 0.6 is 15.9 Å². The van der Waals surface area contributed by atoms with Crippen molar-refractivity contribution in [3.8, 4) is 5.75 Å². The smallest absolute Gasteiger partial charge is 0.145 e. The highest BCUT2D eigenvalue weighted by molar-refractivity contribution is 9.10. The molecule has 1 heterocycles. The van der Waals surface area contributed by atoms with E-state index in [0.717, 1.165) is 10.2 Å². The van der Waals surface area contributed by atoms with Crippen molar-refractivity contribution >= 4 is 15.9 Å². The summed E-state index contributed by atoms with van der Waals surface area (Å²) in [5.74, 6) is 0.943. The summed E-state index contributed by atoms with van der Waals surface area (Å²) in [4.78, 5) is 0. The summed E-state index contributed by atoms with van der Waals surface area (Å²) in [7, 11) is 1.95. The molecule has 1 aromatic carbocycles. The molecule has 88 valence electrons. The molecule has 1 atom stereocenters. The van der Waals surface area contributed by atoms with Crippen LogP contribution in [0.5, 0.6) is 5.75 Å². The van der Waals surface area contributed by atoms with Crippen LogP contribution in [0, 0.1) is 0 Å². The Kier molecular flexibility index (Phi) is 3.84. The molecule has 0 saturated carbocycles. The summed E-state index contributed by atoms with van der Waals surface area (Å²) in [5.41, 5.74) is 1.17. The first-order chi connectivity index (χ1) is 7.70. The van der Waals surface area contributed by atoms with E-state index in [1.54, 1.807) is 0 Å². The topological polar surface area (TPSA) is 30.5 Å². The van der Waals surface area contributed by atoms with Crippen molar-refractivity contribution in [3.63, 3.8) is 0 Å². The lowest BCUT2D eigenvalue weighted by Crippen LogP contribution is -2.38. The van der Waals surface area contributed by atoms with Crippen LogP contribution in [-0.4, -0.2) is 26.4 Å². The van der Waals surface area contributed by atoms with Crippen LogP contribution < -0.4 is 10.1 Å². The Morgan fingerprint density at radius 2 is 2.25 bits per heavy atom. The Morgan fingerprint density at radius 3 is 2.81 bits per heavy atom. The van der Waals surface area contributed by atoms with Gasteiger partial charge in [-0.15, -0.1) is 0 Å². The zero-order chi connectivity index (χ0) is 11.5. The van der Waals surface area contributed by atoms with Gasteiger partial charge in [0.05, 0.1) is 13.2 Å². The molecule has 0 bridgehead atoms. The summed E-state index contributed by atoms with van der Waals surface area (Å²) in [6, 6.07) is 6.37. The first kappa shape index (κ1) is 11.9. The van der Waals surface area contributed by atoms with Crippen LogP contribution in [0.15, 0.2) is 22.7 Å². The minimum Gasteiger partial charge on any atom is -0.485 e. The molecular formula is C12H16BrNO2. The van der Waals surface area contributed by atoms with E-state index in [1.165, 1.54) is 5.56 Å². The number of hydrogen-bond acceptors (Lipinski definition) is 3. The van der Waals surface area contributed by atoms with E-state index >= 15 is 0 Å². The van der Waals surface area contributed by atoms with Gasteiger partial charge in [0.15, 0.2) is 0 Å². The van der Waals surface area contributed by atoms with Crippen molar-refractivity contribution in [2.75, 3.05) is 20.3 Å². The Bertz CT molecular complexity index is 366. The molecule has 0 radical (unpaired) electrons. The van der Waals surface area contributed by atoms with E-state index in [2.05, 4.69) is 34.2 Å². The highest BCUT2D eigenvalue weighted by Crippen LogP contribution is 2.29. The number of benzene rings is 1. The van der Waals surface area contributed by atoms with E-state index in [0.29, 0.717) is 13.2 Å². The molecule has 1 aromatic rings. The monoisotopic (exact) mass is 285 g/mol. The van der Waals surface area contributed by atoms with E-state index in [-0.39, 0.29) is 12.1 Å². The maximum Gasteiger partial charge on any atom is 0.145 e. The zero-order valence-corrected chi connectivity index (χ0v) is 11.1. The third-order valence-electron chi connectivity index (χ3n) is 2.77. The predicted molar refractivity (Wildman–Crippen MR) is 66.9 cm³/mol. The molecule has 0 aliphatic carbocycles. The van der Waals surface area contributed by atoms with Crippen LogP contribution in [0.4, 0.5) is 0 Å². The van der Waals surface area contributed by atoms with E-state index < -0.39 is 0 Å². The molecule has 0 spiro atoms. The molecule has 3 nitrogen and oxygen atoms in total. The van der Waals surface area contributed by atoms with Gasteiger partial charge in [-0.2, -0.15) is 0 Å². The lowest BCUT2D eigenvalue weighted by molar-refractivity contribution is -0.0801. The Morgan fingerprint density at radius 1 is 1.50 bits per heavy atom. The predicted octanol–water partition coefficient (Wildman–Crippen LogP) is 2.51. The van der Waals surface area contributed by atoms with Gasteiger partial charge in [0.1, 0.15) is 11.9 Å². The minimum absolute atomic E-state index is 0.212. The van der Waals surface area contributed by atoms with E-state index in [4.69, 9.17) is 9.47 Å². The molecule has 16 heavy (non-hydrogen) atoms. The van der Waals surface area contributed by atoms with Crippen molar-refractivity contribution in [1.82, 2.24) is 5.32 Å². The molecule has 1 aliphatic heterocycles. The van der Waals surface area contributed by atoms with Gasteiger partial charge in [0.2, 0.25) is 0 Å². The van der Waals surface area contributed by atoms with Gasteiger partial charge < -0.3 is 14.8 Å². The average Bonchev–Trinajstić information content (AvgIpc) is 2.23. The van der Waals surface area contributed by atoms with Crippen molar-refractivity contribution in [1.29, 1.82) is 0 Å². The maximum atomic E-state index is 5.87. The molecule has 2 rings (SSSR count). The molecule has 0 aromatic heterocycles. The summed E-state index contributed by atoms with van der Waals surface area (Å²) >= 11 is 3.48.